The average Bonchev–Trinajstić information content (AvgIpc) is 2.85. The van der Waals surface area contributed by atoms with Gasteiger partial charge < -0.3 is 4.74 Å². The van der Waals surface area contributed by atoms with E-state index in [1.807, 2.05) is 54.6 Å². The Balaban J connectivity index is 1.24. The van der Waals surface area contributed by atoms with Crippen LogP contribution in [0.3, 0.4) is 0 Å². The molecule has 2 unspecified atom stereocenters. The van der Waals surface area contributed by atoms with Crippen LogP contribution in [0.1, 0.15) is 29.5 Å². The molecular weight excluding hydrogens is 408 g/mol. The summed E-state index contributed by atoms with van der Waals surface area (Å²) in [5.74, 6) is 0.423. The van der Waals surface area contributed by atoms with E-state index in [-0.39, 0.29) is 5.92 Å². The van der Waals surface area contributed by atoms with Crippen LogP contribution in [0.2, 0.25) is 0 Å². The van der Waals surface area contributed by atoms with E-state index in [1.54, 1.807) is 0 Å². The molecule has 0 amide bonds. The Morgan fingerprint density at radius 3 is 2.24 bits per heavy atom. The second kappa shape index (κ2) is 9.70. The predicted octanol–water partition coefficient (Wildman–Crippen LogP) is 5.02. The number of benzene rings is 3. The fraction of sp³-hybridized carbons (Fsp3) is 0.310. The molecule has 2 fully saturated rings. The zero-order valence-corrected chi connectivity index (χ0v) is 18.7. The average molecular weight is 437 g/mol. The Kier molecular flexibility index (Phi) is 6.35. The molecule has 166 valence electrons. The quantitative estimate of drug-likeness (QED) is 0.545. The van der Waals surface area contributed by atoms with Crippen molar-refractivity contribution in [2.75, 3.05) is 13.2 Å². The standard InChI is InChI=1S/C29H28N2O2/c30-17-24-8-4-5-9-28(24)23-12-10-21(11-13-23)14-29(32)25-15-26-19-33-20-27(16-25)31(26)18-22-6-2-1-3-7-22/h1-13,25-27H,14-16,18-20H2. The number of carbonyl (C=O) groups excluding carboxylic acids is 1. The predicted molar refractivity (Wildman–Crippen MR) is 128 cm³/mol. The highest BCUT2D eigenvalue weighted by molar-refractivity contribution is 5.83. The first kappa shape index (κ1) is 21.6. The third-order valence-electron chi connectivity index (χ3n) is 7.03. The summed E-state index contributed by atoms with van der Waals surface area (Å²) in [5, 5.41) is 9.36. The fourth-order valence-electron chi connectivity index (χ4n) is 5.29. The SMILES string of the molecule is N#Cc1ccccc1-c1ccc(CC(=O)C2CC3COCC(C2)N3Cc2ccccc2)cc1. The number of fused-ring (bicyclic) bond motifs is 2. The van der Waals surface area contributed by atoms with Crippen molar-refractivity contribution < 1.29 is 9.53 Å². The molecule has 0 radical (unpaired) electrons. The number of hydrogen-bond acceptors (Lipinski definition) is 4. The summed E-state index contributed by atoms with van der Waals surface area (Å²) in [4.78, 5) is 15.8. The van der Waals surface area contributed by atoms with Crippen LogP contribution in [0.4, 0.5) is 0 Å². The molecule has 0 aromatic heterocycles. The Hall–Kier alpha value is -3.26. The highest BCUT2D eigenvalue weighted by atomic mass is 16.5. The monoisotopic (exact) mass is 436 g/mol. The van der Waals surface area contributed by atoms with Crippen molar-refractivity contribution in [1.82, 2.24) is 4.90 Å². The lowest BCUT2D eigenvalue weighted by Crippen LogP contribution is -2.57. The largest absolute Gasteiger partial charge is 0.378 e. The molecule has 3 aromatic rings. The van der Waals surface area contributed by atoms with E-state index in [2.05, 4.69) is 35.2 Å². The van der Waals surface area contributed by atoms with Crippen molar-refractivity contribution in [3.05, 3.63) is 95.6 Å². The number of morpholine rings is 1. The van der Waals surface area contributed by atoms with Gasteiger partial charge in [0.1, 0.15) is 5.78 Å². The van der Waals surface area contributed by atoms with E-state index in [1.165, 1.54) is 5.56 Å². The Labute approximate surface area is 195 Å². The van der Waals surface area contributed by atoms with Crippen molar-refractivity contribution in [2.45, 2.75) is 37.9 Å². The minimum atomic E-state index is 0.0925. The minimum Gasteiger partial charge on any atom is -0.378 e. The first-order valence-corrected chi connectivity index (χ1v) is 11.7. The van der Waals surface area contributed by atoms with Gasteiger partial charge in [-0.3, -0.25) is 9.69 Å². The molecule has 2 bridgehead atoms. The first-order chi connectivity index (χ1) is 16.2. The van der Waals surface area contributed by atoms with E-state index in [9.17, 15) is 10.1 Å². The number of ether oxygens (including phenoxy) is 1. The smallest absolute Gasteiger partial charge is 0.140 e. The molecule has 0 aliphatic carbocycles. The molecule has 3 aromatic carbocycles. The number of Topliss-reactive ketones (excluding diaryl/α,β-unsaturated/α-hetero) is 1. The van der Waals surface area contributed by atoms with Gasteiger partial charge in [-0.05, 0) is 41.2 Å². The van der Waals surface area contributed by atoms with Gasteiger partial charge in [-0.1, -0.05) is 72.8 Å². The van der Waals surface area contributed by atoms with E-state index in [4.69, 9.17) is 4.74 Å². The van der Waals surface area contributed by atoms with Gasteiger partial charge in [0.05, 0.1) is 24.8 Å². The number of nitrogens with zero attached hydrogens (tertiary/aromatic N) is 2. The van der Waals surface area contributed by atoms with Gasteiger partial charge in [0.25, 0.3) is 0 Å². The van der Waals surface area contributed by atoms with Crippen LogP contribution < -0.4 is 0 Å². The number of hydrogen-bond donors (Lipinski definition) is 0. The van der Waals surface area contributed by atoms with Gasteiger partial charge in [0, 0.05) is 31.0 Å². The van der Waals surface area contributed by atoms with E-state index >= 15 is 0 Å². The number of nitriles is 1. The molecule has 4 heteroatoms. The lowest BCUT2D eigenvalue weighted by atomic mass is 9.80. The summed E-state index contributed by atoms with van der Waals surface area (Å²) < 4.78 is 5.85. The highest BCUT2D eigenvalue weighted by Crippen LogP contribution is 2.34. The molecule has 2 aliphatic rings. The van der Waals surface area contributed by atoms with Gasteiger partial charge >= 0.3 is 0 Å². The van der Waals surface area contributed by atoms with Crippen molar-refractivity contribution >= 4 is 5.78 Å². The van der Waals surface area contributed by atoms with Crippen molar-refractivity contribution in [2.24, 2.45) is 5.92 Å². The molecule has 2 saturated heterocycles. The Morgan fingerprint density at radius 2 is 1.55 bits per heavy atom. The molecule has 0 saturated carbocycles. The second-order valence-electron chi connectivity index (χ2n) is 9.17. The highest BCUT2D eigenvalue weighted by Gasteiger charge is 2.41. The third kappa shape index (κ3) is 4.75. The maximum Gasteiger partial charge on any atom is 0.140 e. The van der Waals surface area contributed by atoms with Crippen LogP contribution in [0.5, 0.6) is 0 Å². The van der Waals surface area contributed by atoms with E-state index in [0.717, 1.165) is 36.1 Å². The van der Waals surface area contributed by atoms with Crippen LogP contribution in [0, 0.1) is 17.2 Å². The topological polar surface area (TPSA) is 53.3 Å². The van der Waals surface area contributed by atoms with Crippen molar-refractivity contribution in [1.29, 1.82) is 5.26 Å². The zero-order valence-electron chi connectivity index (χ0n) is 18.7. The Bertz CT molecular complexity index is 1140. The van der Waals surface area contributed by atoms with Gasteiger partial charge in [-0.2, -0.15) is 5.26 Å². The van der Waals surface area contributed by atoms with Crippen LogP contribution in [-0.2, 0) is 22.5 Å². The van der Waals surface area contributed by atoms with Gasteiger partial charge in [0.2, 0.25) is 0 Å². The molecule has 2 aliphatic heterocycles. The molecule has 2 heterocycles. The van der Waals surface area contributed by atoms with E-state index in [0.29, 0.717) is 43.1 Å². The maximum absolute atomic E-state index is 13.2. The molecular formula is C29H28N2O2. The molecule has 33 heavy (non-hydrogen) atoms. The lowest BCUT2D eigenvalue weighted by Gasteiger charge is -2.48. The second-order valence-corrected chi connectivity index (χ2v) is 9.17. The van der Waals surface area contributed by atoms with Crippen LogP contribution in [0.25, 0.3) is 11.1 Å². The van der Waals surface area contributed by atoms with Gasteiger partial charge in [-0.25, -0.2) is 0 Å². The minimum absolute atomic E-state index is 0.0925. The molecule has 4 nitrogen and oxygen atoms in total. The Morgan fingerprint density at radius 1 is 0.879 bits per heavy atom. The van der Waals surface area contributed by atoms with Crippen molar-refractivity contribution in [3.8, 4) is 17.2 Å². The van der Waals surface area contributed by atoms with Crippen LogP contribution in [0.15, 0.2) is 78.9 Å². The van der Waals surface area contributed by atoms with Crippen molar-refractivity contribution in [3.63, 3.8) is 0 Å². The van der Waals surface area contributed by atoms with E-state index < -0.39 is 0 Å². The van der Waals surface area contributed by atoms with Crippen LogP contribution >= 0.6 is 0 Å². The molecule has 0 spiro atoms. The lowest BCUT2D eigenvalue weighted by molar-refractivity contribution is -0.133. The fourth-order valence-corrected chi connectivity index (χ4v) is 5.29. The number of piperidine rings is 1. The van der Waals surface area contributed by atoms with Crippen LogP contribution in [-0.4, -0.2) is 36.0 Å². The summed E-state index contributed by atoms with van der Waals surface area (Å²) in [6.07, 6.45) is 2.20. The van der Waals surface area contributed by atoms with Gasteiger partial charge in [-0.15, -0.1) is 0 Å². The summed E-state index contributed by atoms with van der Waals surface area (Å²) in [5.41, 5.74) is 4.95. The molecule has 0 N–H and O–H groups in total. The zero-order chi connectivity index (χ0) is 22.6. The maximum atomic E-state index is 13.2. The summed E-state index contributed by atoms with van der Waals surface area (Å²) >= 11 is 0. The first-order valence-electron chi connectivity index (χ1n) is 11.7. The summed E-state index contributed by atoms with van der Waals surface area (Å²) in [7, 11) is 0. The summed E-state index contributed by atoms with van der Waals surface area (Å²) in [6, 6.07) is 29.1. The van der Waals surface area contributed by atoms with Gasteiger partial charge in [0.15, 0.2) is 0 Å². The summed E-state index contributed by atoms with van der Waals surface area (Å²) in [6.45, 7) is 2.34. The number of ketones is 1. The number of carbonyl (C=O) groups is 1. The normalized spacial score (nSPS) is 22.5. The number of rotatable bonds is 6. The molecule has 5 rings (SSSR count). The molecule has 2 atom stereocenters. The third-order valence-corrected chi connectivity index (χ3v) is 7.03.